The van der Waals surface area contributed by atoms with Crippen LogP contribution in [-0.4, -0.2) is 89.1 Å². The lowest BCUT2D eigenvalue weighted by atomic mass is 9.96. The number of hydrogen-bond donors (Lipinski definition) is 1. The Labute approximate surface area is 207 Å². The maximum atomic E-state index is 13.5. The summed E-state index contributed by atoms with van der Waals surface area (Å²) in [4.78, 5) is 21.4. The molecule has 2 atom stereocenters. The Morgan fingerprint density at radius 2 is 1.51 bits per heavy atom. The molecule has 3 aliphatic heterocycles. The van der Waals surface area contributed by atoms with Crippen LogP contribution in [0.5, 0.6) is 0 Å². The molecule has 1 saturated heterocycles. The number of nitrogens with zero attached hydrogens (tertiary/aromatic N) is 6. The molecule has 0 bridgehead atoms. The monoisotopic (exact) mass is 496 g/mol. The number of piperazine rings is 1. The van der Waals surface area contributed by atoms with Gasteiger partial charge in [-0.1, -0.05) is 24.3 Å². The third kappa shape index (κ3) is 5.72. The topological polar surface area (TPSA) is 76.1 Å². The van der Waals surface area contributed by atoms with Crippen molar-refractivity contribution < 1.29 is 13.9 Å². The number of amidine groups is 1. The molecule has 0 aromatic heterocycles. The fourth-order valence-electron chi connectivity index (χ4n) is 4.55. The molecule has 0 spiro atoms. The van der Waals surface area contributed by atoms with Gasteiger partial charge in [0.15, 0.2) is 11.9 Å². The van der Waals surface area contributed by atoms with E-state index < -0.39 is 6.10 Å². The number of hydrogen-bond acceptors (Lipinski definition) is 8. The van der Waals surface area contributed by atoms with Crippen LogP contribution in [0.3, 0.4) is 0 Å². The van der Waals surface area contributed by atoms with Crippen molar-refractivity contribution >= 4 is 35.3 Å². The Morgan fingerprint density at radius 1 is 0.886 bits per heavy atom. The molecule has 0 aliphatic carbocycles. The van der Waals surface area contributed by atoms with Crippen molar-refractivity contribution in [1.29, 1.82) is 0 Å². The highest BCUT2D eigenvalue weighted by Crippen LogP contribution is 2.30. The Balaban J connectivity index is 1.17. The lowest BCUT2D eigenvalue weighted by Crippen LogP contribution is -2.50. The highest BCUT2D eigenvalue weighted by Gasteiger charge is 2.29. The zero-order valence-corrected chi connectivity index (χ0v) is 19.9. The molecule has 1 N–H and O–H groups in total. The van der Waals surface area contributed by atoms with Gasteiger partial charge in [-0.3, -0.25) is 14.8 Å². The Hall–Kier alpha value is -2.79. The van der Waals surface area contributed by atoms with Gasteiger partial charge in [-0.05, 0) is 35.4 Å². The largest absolute Gasteiger partial charge is 0.391 e. The standard InChI is InChI=1S/C25H26F2N6OS/c26-19-5-1-17(2-6-19)23(18-3-7-20(27)8-4-18)33-11-9-32(10-12-33)13-21(34)14-35-25-22-24(29-15-28-22)30-16-31-25/h1-8,15-16,21-23,34H,9-14H2. The third-order valence-corrected chi connectivity index (χ3v) is 7.47. The van der Waals surface area contributed by atoms with Crippen LogP contribution < -0.4 is 0 Å². The molecule has 35 heavy (non-hydrogen) atoms. The predicted molar refractivity (Wildman–Crippen MR) is 137 cm³/mol. The predicted octanol–water partition coefficient (Wildman–Crippen LogP) is 3.02. The van der Waals surface area contributed by atoms with Gasteiger partial charge in [-0.25, -0.2) is 23.8 Å². The van der Waals surface area contributed by atoms with Gasteiger partial charge in [-0.2, -0.15) is 0 Å². The number of aliphatic hydroxyl groups excluding tert-OH is 1. The van der Waals surface area contributed by atoms with Gasteiger partial charge in [0.1, 0.15) is 29.4 Å². The van der Waals surface area contributed by atoms with Crippen LogP contribution in [-0.2, 0) is 0 Å². The minimum atomic E-state index is -0.510. The van der Waals surface area contributed by atoms with Crippen LogP contribution in [0, 0.1) is 11.6 Å². The molecule has 2 unspecified atom stereocenters. The first-order chi connectivity index (χ1) is 17.1. The fraction of sp³-hybridized carbons (Fsp3) is 0.360. The van der Waals surface area contributed by atoms with Gasteiger partial charge in [0.2, 0.25) is 0 Å². The smallest absolute Gasteiger partial charge is 0.163 e. The number of fused-ring (bicyclic) bond motifs is 1. The number of aliphatic imine (C=N–C) groups is 4. The van der Waals surface area contributed by atoms with Crippen LogP contribution in [0.2, 0.25) is 0 Å². The first-order valence-electron chi connectivity index (χ1n) is 11.5. The number of aliphatic hydroxyl groups is 1. The molecule has 2 aromatic carbocycles. The summed E-state index contributed by atoms with van der Waals surface area (Å²) in [5.41, 5.74) is 1.94. The van der Waals surface area contributed by atoms with Crippen LogP contribution >= 0.6 is 11.8 Å². The summed E-state index contributed by atoms with van der Waals surface area (Å²) in [6, 6.07) is 12.7. The van der Waals surface area contributed by atoms with E-state index in [1.54, 1.807) is 24.3 Å². The maximum absolute atomic E-state index is 13.5. The average Bonchev–Trinajstić information content (AvgIpc) is 3.36. The molecule has 5 rings (SSSR count). The molecule has 0 radical (unpaired) electrons. The molecule has 0 amide bonds. The van der Waals surface area contributed by atoms with E-state index in [-0.39, 0.29) is 23.7 Å². The molecule has 3 aliphatic rings. The molecule has 182 valence electrons. The summed E-state index contributed by atoms with van der Waals surface area (Å²) in [6.45, 7) is 3.70. The molecular weight excluding hydrogens is 470 g/mol. The lowest BCUT2D eigenvalue weighted by molar-refractivity contribution is 0.0708. The maximum Gasteiger partial charge on any atom is 0.163 e. The van der Waals surface area contributed by atoms with E-state index in [4.69, 9.17) is 0 Å². The second-order valence-corrected chi connectivity index (χ2v) is 9.71. The van der Waals surface area contributed by atoms with Crippen molar-refractivity contribution in [3.05, 3.63) is 71.3 Å². The Bertz CT molecular complexity index is 1100. The van der Waals surface area contributed by atoms with E-state index in [2.05, 4.69) is 29.8 Å². The van der Waals surface area contributed by atoms with Crippen LogP contribution in [0.15, 0.2) is 68.5 Å². The van der Waals surface area contributed by atoms with Gasteiger partial charge < -0.3 is 5.11 Å². The molecule has 7 nitrogen and oxygen atoms in total. The van der Waals surface area contributed by atoms with Gasteiger partial charge in [-0.15, -0.1) is 11.8 Å². The molecule has 2 aromatic rings. The zero-order valence-electron chi connectivity index (χ0n) is 19.0. The summed E-state index contributed by atoms with van der Waals surface area (Å²) < 4.78 is 27.1. The number of thioether (sulfide) groups is 1. The van der Waals surface area contributed by atoms with E-state index in [0.29, 0.717) is 18.1 Å². The van der Waals surface area contributed by atoms with E-state index in [9.17, 15) is 13.9 Å². The van der Waals surface area contributed by atoms with Crippen LogP contribution in [0.25, 0.3) is 0 Å². The van der Waals surface area contributed by atoms with Crippen molar-refractivity contribution in [3.63, 3.8) is 0 Å². The highest BCUT2D eigenvalue weighted by molar-refractivity contribution is 8.14. The summed E-state index contributed by atoms with van der Waals surface area (Å²) in [6.07, 6.45) is 2.47. The van der Waals surface area contributed by atoms with Crippen molar-refractivity contribution in [2.75, 3.05) is 38.5 Å². The zero-order chi connectivity index (χ0) is 24.2. The molecular formula is C25H26F2N6OS. The van der Waals surface area contributed by atoms with E-state index in [0.717, 1.165) is 42.3 Å². The van der Waals surface area contributed by atoms with Crippen molar-refractivity contribution in [3.8, 4) is 0 Å². The fourth-order valence-corrected chi connectivity index (χ4v) is 5.46. The number of rotatable bonds is 7. The number of benzene rings is 2. The normalized spacial score (nSPS) is 21.2. The first kappa shape index (κ1) is 23.9. The second kappa shape index (κ2) is 10.9. The molecule has 0 saturated carbocycles. The summed E-state index contributed by atoms with van der Waals surface area (Å²) in [7, 11) is 0. The summed E-state index contributed by atoms with van der Waals surface area (Å²) >= 11 is 1.49. The third-order valence-electron chi connectivity index (χ3n) is 6.30. The summed E-state index contributed by atoms with van der Waals surface area (Å²) in [5, 5.41) is 11.5. The van der Waals surface area contributed by atoms with E-state index >= 15 is 0 Å². The Kier molecular flexibility index (Phi) is 7.43. The quantitative estimate of drug-likeness (QED) is 0.640. The highest BCUT2D eigenvalue weighted by atomic mass is 32.2. The van der Waals surface area contributed by atoms with E-state index in [1.165, 1.54) is 48.7 Å². The molecule has 1 fully saturated rings. The number of halogens is 2. The van der Waals surface area contributed by atoms with Gasteiger partial charge in [0.05, 0.1) is 12.1 Å². The van der Waals surface area contributed by atoms with Gasteiger partial charge in [0, 0.05) is 38.5 Å². The molecule has 10 heteroatoms. The van der Waals surface area contributed by atoms with Crippen molar-refractivity contribution in [2.24, 2.45) is 20.0 Å². The van der Waals surface area contributed by atoms with Crippen molar-refractivity contribution in [2.45, 2.75) is 18.2 Å². The first-order valence-corrected chi connectivity index (χ1v) is 12.5. The van der Waals surface area contributed by atoms with Crippen molar-refractivity contribution in [1.82, 2.24) is 9.80 Å². The SMILES string of the molecule is OC(CSC1=NC=NC2=NC=NC21)CN1CCN(C(c2ccc(F)cc2)c2ccc(F)cc2)CC1. The Morgan fingerprint density at radius 3 is 2.14 bits per heavy atom. The average molecular weight is 497 g/mol. The minimum absolute atomic E-state index is 0.0902. The van der Waals surface area contributed by atoms with Crippen LogP contribution in [0.1, 0.15) is 17.2 Å². The van der Waals surface area contributed by atoms with Crippen LogP contribution in [0.4, 0.5) is 8.78 Å². The number of β-amino-alcohol motifs (C(OH)–C–C–N with tert-alkyl or cyclic N) is 1. The summed E-state index contributed by atoms with van der Waals surface area (Å²) in [5.74, 6) is 0.598. The second-order valence-electron chi connectivity index (χ2n) is 8.67. The molecule has 3 heterocycles. The lowest BCUT2D eigenvalue weighted by Gasteiger charge is -2.40. The van der Waals surface area contributed by atoms with Gasteiger partial charge >= 0.3 is 0 Å². The van der Waals surface area contributed by atoms with E-state index in [1.807, 2.05) is 0 Å². The van der Waals surface area contributed by atoms with Gasteiger partial charge in [0.25, 0.3) is 0 Å². The minimum Gasteiger partial charge on any atom is -0.391 e.